The van der Waals surface area contributed by atoms with Crippen LogP contribution in [0.4, 0.5) is 11.4 Å². The molecule has 172 valence electrons. The predicted octanol–water partition coefficient (Wildman–Crippen LogP) is 2.36. The second-order valence-corrected chi connectivity index (χ2v) is 8.65. The van der Waals surface area contributed by atoms with Gasteiger partial charge in [0.25, 0.3) is 0 Å². The zero-order valence-electron chi connectivity index (χ0n) is 18.7. The summed E-state index contributed by atoms with van der Waals surface area (Å²) in [7, 11) is 0. The maximum atomic E-state index is 13.2. The molecule has 1 atom stereocenters. The SMILES string of the molecule is CC(=O)c1ccc(N2CCN(C(=O)C3CC(=O)N(c4ccc5c(c4)OCCO5)C3)CC2)cc1. The number of hydrogen-bond donors (Lipinski definition) is 0. The molecule has 0 radical (unpaired) electrons. The van der Waals surface area contributed by atoms with E-state index in [9.17, 15) is 14.4 Å². The van der Waals surface area contributed by atoms with Crippen LogP contribution in [-0.2, 0) is 9.59 Å². The number of amides is 2. The van der Waals surface area contributed by atoms with Crippen LogP contribution in [0.5, 0.6) is 11.5 Å². The molecule has 0 N–H and O–H groups in total. The van der Waals surface area contributed by atoms with Gasteiger partial charge in [0.1, 0.15) is 13.2 Å². The average molecular weight is 450 g/mol. The summed E-state index contributed by atoms with van der Waals surface area (Å²) in [5.74, 6) is 1.01. The number of hydrogen-bond acceptors (Lipinski definition) is 6. The first-order chi connectivity index (χ1) is 16.0. The first-order valence-electron chi connectivity index (χ1n) is 11.3. The summed E-state index contributed by atoms with van der Waals surface area (Å²) in [6.45, 7) is 5.60. The van der Waals surface area contributed by atoms with Crippen molar-refractivity contribution in [3.05, 3.63) is 48.0 Å². The Bertz CT molecular complexity index is 1080. The van der Waals surface area contributed by atoms with Crippen molar-refractivity contribution in [3.63, 3.8) is 0 Å². The number of nitrogens with zero attached hydrogens (tertiary/aromatic N) is 3. The molecule has 2 saturated heterocycles. The second kappa shape index (κ2) is 8.77. The summed E-state index contributed by atoms with van der Waals surface area (Å²) in [4.78, 5) is 43.1. The molecule has 1 unspecified atom stereocenters. The molecule has 2 aromatic rings. The van der Waals surface area contributed by atoms with E-state index >= 15 is 0 Å². The number of anilines is 2. The third-order valence-corrected chi connectivity index (χ3v) is 6.54. The standard InChI is InChI=1S/C25H27N3O5/c1-17(29)18-2-4-20(5-3-18)26-8-10-27(11-9-26)25(31)19-14-24(30)28(16-19)21-6-7-22-23(15-21)33-13-12-32-22/h2-7,15,19H,8-14,16H2,1H3. The van der Waals surface area contributed by atoms with Gasteiger partial charge in [-0.05, 0) is 43.3 Å². The Balaban J connectivity index is 1.19. The van der Waals surface area contributed by atoms with Gasteiger partial charge in [0.2, 0.25) is 11.8 Å². The number of ether oxygens (including phenoxy) is 2. The van der Waals surface area contributed by atoms with Crippen LogP contribution < -0.4 is 19.3 Å². The van der Waals surface area contributed by atoms with Crippen LogP contribution in [0.25, 0.3) is 0 Å². The third-order valence-electron chi connectivity index (χ3n) is 6.54. The molecular formula is C25H27N3O5. The fraction of sp³-hybridized carbons (Fsp3) is 0.400. The lowest BCUT2D eigenvalue weighted by Gasteiger charge is -2.37. The van der Waals surface area contributed by atoms with Gasteiger partial charge < -0.3 is 24.2 Å². The number of benzene rings is 2. The molecule has 0 aromatic heterocycles. The normalized spacial score (nSPS) is 20.2. The van der Waals surface area contributed by atoms with Gasteiger partial charge in [0.15, 0.2) is 17.3 Å². The van der Waals surface area contributed by atoms with E-state index in [0.29, 0.717) is 49.9 Å². The zero-order valence-corrected chi connectivity index (χ0v) is 18.7. The molecule has 2 aromatic carbocycles. The van der Waals surface area contributed by atoms with Crippen molar-refractivity contribution in [2.75, 3.05) is 55.7 Å². The number of carbonyl (C=O) groups excluding carboxylic acids is 3. The topological polar surface area (TPSA) is 79.4 Å². The molecular weight excluding hydrogens is 422 g/mol. The van der Waals surface area contributed by atoms with E-state index in [1.807, 2.05) is 47.4 Å². The quantitative estimate of drug-likeness (QED) is 0.667. The Labute approximate surface area is 192 Å². The van der Waals surface area contributed by atoms with Gasteiger partial charge in [0.05, 0.1) is 5.92 Å². The lowest BCUT2D eigenvalue weighted by molar-refractivity contribution is -0.136. The minimum absolute atomic E-state index is 0.0370. The molecule has 0 aliphatic carbocycles. The first kappa shape index (κ1) is 21.3. The van der Waals surface area contributed by atoms with Gasteiger partial charge in [-0.1, -0.05) is 0 Å². The van der Waals surface area contributed by atoms with Crippen molar-refractivity contribution in [3.8, 4) is 11.5 Å². The highest BCUT2D eigenvalue weighted by Gasteiger charge is 2.38. The van der Waals surface area contributed by atoms with Gasteiger partial charge in [-0.2, -0.15) is 0 Å². The predicted molar refractivity (Wildman–Crippen MR) is 123 cm³/mol. The minimum Gasteiger partial charge on any atom is -0.486 e. The molecule has 3 aliphatic rings. The third kappa shape index (κ3) is 4.25. The van der Waals surface area contributed by atoms with Gasteiger partial charge in [-0.25, -0.2) is 0 Å². The molecule has 0 spiro atoms. The summed E-state index contributed by atoms with van der Waals surface area (Å²) in [5.41, 5.74) is 2.48. The molecule has 33 heavy (non-hydrogen) atoms. The molecule has 3 heterocycles. The molecule has 5 rings (SSSR count). The Morgan fingerprint density at radius 2 is 1.55 bits per heavy atom. The second-order valence-electron chi connectivity index (χ2n) is 8.65. The molecule has 0 saturated carbocycles. The van der Waals surface area contributed by atoms with Crippen molar-refractivity contribution in [1.82, 2.24) is 4.90 Å². The lowest BCUT2D eigenvalue weighted by Crippen LogP contribution is -2.50. The van der Waals surface area contributed by atoms with Crippen LogP contribution in [0.2, 0.25) is 0 Å². The zero-order chi connectivity index (χ0) is 22.9. The highest BCUT2D eigenvalue weighted by Crippen LogP contribution is 2.36. The molecule has 2 fully saturated rings. The first-order valence-corrected chi connectivity index (χ1v) is 11.3. The van der Waals surface area contributed by atoms with Gasteiger partial charge in [-0.3, -0.25) is 14.4 Å². The average Bonchev–Trinajstić information content (AvgIpc) is 3.25. The molecule has 8 heteroatoms. The van der Waals surface area contributed by atoms with Crippen LogP contribution in [0, 0.1) is 5.92 Å². The number of rotatable bonds is 4. The molecule has 2 amide bonds. The van der Waals surface area contributed by atoms with Crippen LogP contribution in [0.3, 0.4) is 0 Å². The maximum Gasteiger partial charge on any atom is 0.228 e. The largest absolute Gasteiger partial charge is 0.486 e. The molecule has 0 bridgehead atoms. The van der Waals surface area contributed by atoms with E-state index < -0.39 is 0 Å². The number of ketones is 1. The fourth-order valence-corrected chi connectivity index (χ4v) is 4.67. The minimum atomic E-state index is -0.341. The van der Waals surface area contributed by atoms with E-state index in [-0.39, 0.29) is 29.9 Å². The van der Waals surface area contributed by atoms with Crippen molar-refractivity contribution in [2.45, 2.75) is 13.3 Å². The highest BCUT2D eigenvalue weighted by molar-refractivity contribution is 6.00. The van der Waals surface area contributed by atoms with Crippen molar-refractivity contribution in [2.24, 2.45) is 5.92 Å². The van der Waals surface area contributed by atoms with E-state index in [2.05, 4.69) is 4.90 Å². The Morgan fingerprint density at radius 3 is 2.24 bits per heavy atom. The number of fused-ring (bicyclic) bond motifs is 1. The summed E-state index contributed by atoms with van der Waals surface area (Å²) in [6.07, 6.45) is 0.222. The maximum absolute atomic E-state index is 13.2. The van der Waals surface area contributed by atoms with Gasteiger partial charge in [0, 0.05) is 62.1 Å². The van der Waals surface area contributed by atoms with Crippen LogP contribution >= 0.6 is 0 Å². The summed E-state index contributed by atoms with van der Waals surface area (Å²) in [5, 5.41) is 0. The fourth-order valence-electron chi connectivity index (χ4n) is 4.67. The Hall–Kier alpha value is -3.55. The number of piperazine rings is 1. The van der Waals surface area contributed by atoms with Crippen molar-refractivity contribution >= 4 is 29.0 Å². The highest BCUT2D eigenvalue weighted by atomic mass is 16.6. The van der Waals surface area contributed by atoms with Gasteiger partial charge >= 0.3 is 0 Å². The summed E-state index contributed by atoms with van der Waals surface area (Å²) >= 11 is 0. The molecule has 3 aliphatic heterocycles. The number of carbonyl (C=O) groups is 3. The van der Waals surface area contributed by atoms with Crippen LogP contribution in [0.15, 0.2) is 42.5 Å². The Morgan fingerprint density at radius 1 is 0.879 bits per heavy atom. The molecule has 8 nitrogen and oxygen atoms in total. The van der Waals surface area contributed by atoms with Crippen molar-refractivity contribution in [1.29, 1.82) is 0 Å². The monoisotopic (exact) mass is 449 g/mol. The van der Waals surface area contributed by atoms with E-state index in [0.717, 1.165) is 24.5 Å². The van der Waals surface area contributed by atoms with E-state index in [4.69, 9.17) is 9.47 Å². The van der Waals surface area contributed by atoms with Gasteiger partial charge in [-0.15, -0.1) is 0 Å². The van der Waals surface area contributed by atoms with Crippen molar-refractivity contribution < 1.29 is 23.9 Å². The van der Waals surface area contributed by atoms with Crippen LogP contribution in [0.1, 0.15) is 23.7 Å². The lowest BCUT2D eigenvalue weighted by atomic mass is 10.1. The summed E-state index contributed by atoms with van der Waals surface area (Å²) < 4.78 is 11.2. The number of Topliss-reactive ketones (excluding diaryl/α,β-unsaturated/α-hetero) is 1. The Kier molecular flexibility index (Phi) is 5.66. The summed E-state index contributed by atoms with van der Waals surface area (Å²) in [6, 6.07) is 13.1. The van der Waals surface area contributed by atoms with E-state index in [1.165, 1.54) is 0 Å². The van der Waals surface area contributed by atoms with Crippen LogP contribution in [-0.4, -0.2) is 68.4 Å². The smallest absolute Gasteiger partial charge is 0.228 e. The van der Waals surface area contributed by atoms with E-state index in [1.54, 1.807) is 11.8 Å².